The van der Waals surface area contributed by atoms with Gasteiger partial charge in [-0.2, -0.15) is 0 Å². The van der Waals surface area contributed by atoms with Gasteiger partial charge in [-0.3, -0.25) is 14.4 Å². The number of likely N-dealkylation sites (tertiary alicyclic amines) is 1. The van der Waals surface area contributed by atoms with Crippen molar-refractivity contribution in [3.63, 3.8) is 0 Å². The molecule has 0 radical (unpaired) electrons. The lowest BCUT2D eigenvalue weighted by molar-refractivity contribution is -0.142. The first kappa shape index (κ1) is 18.4. The molecule has 2 rings (SSSR count). The Balaban J connectivity index is 1.92. The number of carbonyl (C=O) groups excluding carboxylic acids is 3. The van der Waals surface area contributed by atoms with Crippen molar-refractivity contribution in [1.82, 2.24) is 10.2 Å². The molecule has 134 valence electrons. The van der Waals surface area contributed by atoms with Crippen LogP contribution < -0.4 is 11.1 Å². The third-order valence-corrected chi connectivity index (χ3v) is 4.10. The minimum Gasteiger partial charge on any atom is -0.480 e. The fourth-order valence-corrected chi connectivity index (χ4v) is 2.74. The topological polar surface area (TPSA) is 130 Å². The molecule has 1 saturated heterocycles. The summed E-state index contributed by atoms with van der Waals surface area (Å²) in [5, 5.41) is 11.5. The summed E-state index contributed by atoms with van der Waals surface area (Å²) in [4.78, 5) is 47.9. The van der Waals surface area contributed by atoms with Gasteiger partial charge < -0.3 is 21.1 Å². The van der Waals surface area contributed by atoms with Crippen molar-refractivity contribution >= 4 is 23.7 Å². The number of carbonyl (C=O) groups is 4. The van der Waals surface area contributed by atoms with E-state index < -0.39 is 29.7 Å². The molecule has 3 amide bonds. The quantitative estimate of drug-likeness (QED) is 0.603. The molecule has 25 heavy (non-hydrogen) atoms. The number of primary amides is 1. The van der Waals surface area contributed by atoms with E-state index >= 15 is 0 Å². The third-order valence-electron chi connectivity index (χ3n) is 4.10. The maximum Gasteiger partial charge on any atom is 0.326 e. The van der Waals surface area contributed by atoms with Crippen LogP contribution in [0.25, 0.3) is 0 Å². The molecule has 0 saturated carbocycles. The Morgan fingerprint density at radius 2 is 1.96 bits per heavy atom. The van der Waals surface area contributed by atoms with Gasteiger partial charge in [0.2, 0.25) is 17.7 Å². The monoisotopic (exact) mass is 347 g/mol. The van der Waals surface area contributed by atoms with E-state index in [1.165, 1.54) is 0 Å². The normalized spacial score (nSPS) is 18.0. The molecule has 1 aliphatic rings. The molecular weight excluding hydrogens is 326 g/mol. The lowest BCUT2D eigenvalue weighted by Gasteiger charge is -2.18. The Kier molecular flexibility index (Phi) is 6.10. The summed E-state index contributed by atoms with van der Waals surface area (Å²) in [7, 11) is 0. The lowest BCUT2D eigenvalue weighted by Crippen LogP contribution is -2.44. The Bertz CT molecular complexity index is 662. The molecule has 1 unspecified atom stereocenters. The molecule has 2 atom stereocenters. The van der Waals surface area contributed by atoms with E-state index in [0.717, 1.165) is 5.56 Å². The van der Waals surface area contributed by atoms with Gasteiger partial charge in [-0.1, -0.05) is 30.3 Å². The van der Waals surface area contributed by atoms with Crippen LogP contribution in [0.15, 0.2) is 30.3 Å². The second-order valence-corrected chi connectivity index (χ2v) is 6.07. The van der Waals surface area contributed by atoms with E-state index in [0.29, 0.717) is 6.54 Å². The molecule has 1 aromatic carbocycles. The van der Waals surface area contributed by atoms with Crippen LogP contribution in [0.1, 0.15) is 24.8 Å². The smallest absolute Gasteiger partial charge is 0.326 e. The van der Waals surface area contributed by atoms with E-state index in [4.69, 9.17) is 10.8 Å². The van der Waals surface area contributed by atoms with Crippen LogP contribution in [0.3, 0.4) is 0 Å². The van der Waals surface area contributed by atoms with E-state index in [-0.39, 0.29) is 31.7 Å². The number of carboxylic acid groups (broad SMARTS) is 1. The third kappa shape index (κ3) is 5.30. The highest BCUT2D eigenvalue weighted by Crippen LogP contribution is 2.20. The number of rotatable bonds is 8. The van der Waals surface area contributed by atoms with Crippen molar-refractivity contribution in [2.45, 2.75) is 31.8 Å². The fraction of sp³-hybridized carbons (Fsp3) is 0.412. The second-order valence-electron chi connectivity index (χ2n) is 6.07. The highest BCUT2D eigenvalue weighted by atomic mass is 16.4. The minimum atomic E-state index is -1.24. The number of aliphatic carboxylic acids is 1. The Labute approximate surface area is 145 Å². The van der Waals surface area contributed by atoms with Crippen LogP contribution in [-0.4, -0.2) is 46.3 Å². The maximum absolute atomic E-state index is 12.3. The number of amides is 3. The number of nitrogens with zero attached hydrogens (tertiary/aromatic N) is 1. The van der Waals surface area contributed by atoms with Crippen molar-refractivity contribution in [3.8, 4) is 0 Å². The first-order valence-corrected chi connectivity index (χ1v) is 8.00. The van der Waals surface area contributed by atoms with Gasteiger partial charge in [0.1, 0.15) is 6.04 Å². The molecule has 0 bridgehead atoms. The summed E-state index contributed by atoms with van der Waals surface area (Å²) in [6, 6.07) is 8.21. The van der Waals surface area contributed by atoms with Gasteiger partial charge in [0, 0.05) is 25.9 Å². The van der Waals surface area contributed by atoms with E-state index in [2.05, 4.69) is 5.32 Å². The second kappa shape index (κ2) is 8.27. The number of nitrogens with two attached hydrogens (primary N) is 1. The molecule has 8 heteroatoms. The zero-order valence-corrected chi connectivity index (χ0v) is 13.7. The van der Waals surface area contributed by atoms with Crippen molar-refractivity contribution in [3.05, 3.63) is 35.9 Å². The molecule has 4 N–H and O–H groups in total. The highest BCUT2D eigenvalue weighted by Gasteiger charge is 2.35. The molecule has 8 nitrogen and oxygen atoms in total. The molecule has 1 heterocycles. The van der Waals surface area contributed by atoms with Gasteiger partial charge in [0.05, 0.1) is 5.92 Å². The van der Waals surface area contributed by atoms with Crippen molar-refractivity contribution < 1.29 is 24.3 Å². The molecule has 1 aromatic rings. The largest absolute Gasteiger partial charge is 0.480 e. The number of nitrogens with one attached hydrogen (secondary N) is 1. The van der Waals surface area contributed by atoms with Crippen molar-refractivity contribution in [2.24, 2.45) is 11.7 Å². The summed E-state index contributed by atoms with van der Waals surface area (Å²) in [6.45, 7) is 0.648. The zero-order chi connectivity index (χ0) is 18.4. The SMILES string of the molecule is NC(=O)CC[C@H](NC(=O)C1CC(=O)N(Cc2ccccc2)C1)C(=O)O. The van der Waals surface area contributed by atoms with Crippen LogP contribution in [0.4, 0.5) is 0 Å². The molecular formula is C17H21N3O5. The predicted molar refractivity (Wildman–Crippen MR) is 88.0 cm³/mol. The van der Waals surface area contributed by atoms with Gasteiger partial charge >= 0.3 is 5.97 Å². The molecule has 0 spiro atoms. The van der Waals surface area contributed by atoms with Crippen LogP contribution in [0.2, 0.25) is 0 Å². The predicted octanol–water partition coefficient (Wildman–Crippen LogP) is -0.130. The summed E-state index contributed by atoms with van der Waals surface area (Å²) >= 11 is 0. The van der Waals surface area contributed by atoms with Crippen LogP contribution >= 0.6 is 0 Å². The summed E-state index contributed by atoms with van der Waals surface area (Å²) in [5.74, 6) is -3.12. The molecule has 1 fully saturated rings. The number of benzene rings is 1. The van der Waals surface area contributed by atoms with Crippen molar-refractivity contribution in [1.29, 1.82) is 0 Å². The number of hydrogen-bond acceptors (Lipinski definition) is 4. The standard InChI is InChI=1S/C17H21N3O5/c18-14(21)7-6-13(17(24)25)19-16(23)12-8-15(22)20(10-12)9-11-4-2-1-3-5-11/h1-5,12-13H,6-10H2,(H2,18,21)(H,19,23)(H,24,25)/t12?,13-/m0/s1. The number of hydrogen-bond donors (Lipinski definition) is 3. The first-order chi connectivity index (χ1) is 11.9. The average Bonchev–Trinajstić information content (AvgIpc) is 2.92. The van der Waals surface area contributed by atoms with Gasteiger partial charge in [-0.15, -0.1) is 0 Å². The summed E-state index contributed by atoms with van der Waals surface area (Å²) in [5.41, 5.74) is 5.97. The zero-order valence-electron chi connectivity index (χ0n) is 13.7. The van der Waals surface area contributed by atoms with Crippen LogP contribution in [-0.2, 0) is 25.7 Å². The van der Waals surface area contributed by atoms with E-state index in [9.17, 15) is 19.2 Å². The maximum atomic E-state index is 12.3. The lowest BCUT2D eigenvalue weighted by atomic mass is 10.1. The first-order valence-electron chi connectivity index (χ1n) is 8.00. The Morgan fingerprint density at radius 3 is 2.56 bits per heavy atom. The Morgan fingerprint density at radius 1 is 1.28 bits per heavy atom. The van der Waals surface area contributed by atoms with E-state index in [1.807, 2.05) is 30.3 Å². The van der Waals surface area contributed by atoms with Gasteiger partial charge in [0.25, 0.3) is 0 Å². The summed E-state index contributed by atoms with van der Waals surface area (Å²) in [6.07, 6.45) is -0.174. The van der Waals surface area contributed by atoms with Gasteiger partial charge in [0.15, 0.2) is 0 Å². The average molecular weight is 347 g/mol. The Hall–Kier alpha value is -2.90. The van der Waals surface area contributed by atoms with Crippen LogP contribution in [0, 0.1) is 5.92 Å². The molecule has 0 aliphatic carbocycles. The van der Waals surface area contributed by atoms with Crippen LogP contribution in [0.5, 0.6) is 0 Å². The van der Waals surface area contributed by atoms with Gasteiger partial charge in [-0.05, 0) is 12.0 Å². The highest BCUT2D eigenvalue weighted by molar-refractivity contribution is 5.91. The molecule has 1 aliphatic heterocycles. The van der Waals surface area contributed by atoms with Gasteiger partial charge in [-0.25, -0.2) is 4.79 Å². The minimum absolute atomic E-state index is 0.0425. The molecule has 0 aromatic heterocycles. The number of carboxylic acids is 1. The fourth-order valence-electron chi connectivity index (χ4n) is 2.74. The summed E-state index contributed by atoms with van der Waals surface area (Å²) < 4.78 is 0. The van der Waals surface area contributed by atoms with E-state index in [1.54, 1.807) is 4.90 Å². The van der Waals surface area contributed by atoms with Crippen molar-refractivity contribution in [2.75, 3.05) is 6.54 Å².